The Kier molecular flexibility index (Phi) is 4.46. The molecule has 0 bridgehead atoms. The number of rotatable bonds is 2. The van der Waals surface area contributed by atoms with Crippen molar-refractivity contribution >= 4 is 5.84 Å². The van der Waals surface area contributed by atoms with E-state index < -0.39 is 0 Å². The highest BCUT2D eigenvalue weighted by molar-refractivity contribution is 6.00. The Hall–Kier alpha value is -1.05. The molecule has 0 unspecified atom stereocenters. The van der Waals surface area contributed by atoms with E-state index in [-0.39, 0.29) is 5.41 Å². The van der Waals surface area contributed by atoms with E-state index in [1.165, 1.54) is 0 Å². The Morgan fingerprint density at radius 3 is 2.15 bits per heavy atom. The van der Waals surface area contributed by atoms with Crippen LogP contribution in [0.4, 0.5) is 0 Å². The van der Waals surface area contributed by atoms with Gasteiger partial charge in [0.25, 0.3) is 0 Å². The lowest BCUT2D eigenvalue weighted by Crippen LogP contribution is -2.21. The Morgan fingerprint density at radius 2 is 1.92 bits per heavy atom. The number of allylic oxidation sites excluding steroid dienone is 1. The van der Waals surface area contributed by atoms with Gasteiger partial charge in [0.2, 0.25) is 0 Å². The molecule has 0 aliphatic carbocycles. The van der Waals surface area contributed by atoms with Gasteiger partial charge < -0.3 is 5.32 Å². The number of nitrogens with zero attached hydrogens (tertiary/aromatic N) is 1. The second-order valence-corrected chi connectivity index (χ2v) is 3.99. The first-order valence-electron chi connectivity index (χ1n) is 4.45. The van der Waals surface area contributed by atoms with Crippen molar-refractivity contribution in [3.8, 4) is 0 Å². The molecule has 2 nitrogen and oxygen atoms in total. The molecule has 0 aliphatic heterocycles. The van der Waals surface area contributed by atoms with Crippen LogP contribution >= 0.6 is 0 Å². The van der Waals surface area contributed by atoms with Crippen molar-refractivity contribution in [2.45, 2.75) is 20.8 Å². The van der Waals surface area contributed by atoms with Gasteiger partial charge in [0.05, 0.1) is 0 Å². The molecule has 0 saturated heterocycles. The van der Waals surface area contributed by atoms with Crippen molar-refractivity contribution in [2.75, 3.05) is 14.1 Å². The Labute approximate surface area is 81.5 Å². The average molecular weight is 180 g/mol. The zero-order valence-electron chi connectivity index (χ0n) is 9.31. The summed E-state index contributed by atoms with van der Waals surface area (Å²) in [5.74, 6) is 0.880. The van der Waals surface area contributed by atoms with Gasteiger partial charge in [-0.05, 0) is 5.41 Å². The van der Waals surface area contributed by atoms with Crippen LogP contribution in [0.2, 0.25) is 0 Å². The predicted molar refractivity (Wildman–Crippen MR) is 60.2 cm³/mol. The van der Waals surface area contributed by atoms with Crippen molar-refractivity contribution in [1.82, 2.24) is 5.32 Å². The maximum absolute atomic E-state index is 4.13. The summed E-state index contributed by atoms with van der Waals surface area (Å²) < 4.78 is 0. The van der Waals surface area contributed by atoms with E-state index in [1.54, 1.807) is 7.05 Å². The number of amidine groups is 1. The van der Waals surface area contributed by atoms with Crippen LogP contribution in [0.5, 0.6) is 0 Å². The van der Waals surface area contributed by atoms with E-state index in [2.05, 4.69) is 43.7 Å². The van der Waals surface area contributed by atoms with Gasteiger partial charge in [0.15, 0.2) is 0 Å². The molecular weight excluding hydrogens is 160 g/mol. The Balaban J connectivity index is 4.90. The van der Waals surface area contributed by atoms with Crippen LogP contribution in [0.1, 0.15) is 20.8 Å². The van der Waals surface area contributed by atoms with Gasteiger partial charge in [-0.2, -0.15) is 0 Å². The minimum atomic E-state index is 0.149. The molecule has 0 rings (SSSR count). The third-order valence-corrected chi connectivity index (χ3v) is 1.54. The fraction of sp³-hybridized carbons (Fsp3) is 0.545. The normalized spacial score (nSPS) is 14.2. The van der Waals surface area contributed by atoms with Gasteiger partial charge in [-0.15, -0.1) is 0 Å². The van der Waals surface area contributed by atoms with E-state index in [0.717, 1.165) is 11.4 Å². The lowest BCUT2D eigenvalue weighted by molar-refractivity contribution is 0.542. The van der Waals surface area contributed by atoms with Gasteiger partial charge in [-0.25, -0.2) is 0 Å². The molecule has 2 heteroatoms. The molecule has 13 heavy (non-hydrogen) atoms. The van der Waals surface area contributed by atoms with Gasteiger partial charge in [0, 0.05) is 19.7 Å². The molecule has 0 heterocycles. The summed E-state index contributed by atoms with van der Waals surface area (Å²) in [5.41, 5.74) is 1.20. The van der Waals surface area contributed by atoms with E-state index >= 15 is 0 Å². The summed E-state index contributed by atoms with van der Waals surface area (Å²) in [4.78, 5) is 4.13. The first-order valence-corrected chi connectivity index (χ1v) is 4.45. The predicted octanol–water partition coefficient (Wildman–Crippen LogP) is 2.39. The number of likely N-dealkylation sites (N-methyl/N-ethyl adjacent to an activating group) is 1. The molecule has 0 saturated carbocycles. The van der Waals surface area contributed by atoms with Crippen LogP contribution < -0.4 is 5.32 Å². The summed E-state index contributed by atoms with van der Waals surface area (Å²) in [6.07, 6.45) is 3.98. The van der Waals surface area contributed by atoms with Crippen LogP contribution in [0, 0.1) is 5.41 Å². The van der Waals surface area contributed by atoms with Crippen LogP contribution in [-0.4, -0.2) is 19.9 Å². The van der Waals surface area contributed by atoms with Crippen LogP contribution in [0.25, 0.3) is 0 Å². The largest absolute Gasteiger partial charge is 0.373 e. The summed E-state index contributed by atoms with van der Waals surface area (Å²) in [6, 6.07) is 0. The molecule has 1 N–H and O–H groups in total. The van der Waals surface area contributed by atoms with Crippen LogP contribution in [-0.2, 0) is 0 Å². The fourth-order valence-corrected chi connectivity index (χ4v) is 1.08. The van der Waals surface area contributed by atoms with Gasteiger partial charge in [-0.3, -0.25) is 4.99 Å². The minimum absolute atomic E-state index is 0.149. The fourth-order valence-electron chi connectivity index (χ4n) is 1.08. The van der Waals surface area contributed by atoms with Gasteiger partial charge >= 0.3 is 0 Å². The molecule has 0 atom stereocenters. The van der Waals surface area contributed by atoms with Crippen LogP contribution in [0.3, 0.4) is 0 Å². The third kappa shape index (κ3) is 4.51. The highest BCUT2D eigenvalue weighted by atomic mass is 14.9. The molecule has 0 spiro atoms. The number of aliphatic imine (C=N–C) groups is 1. The van der Waals surface area contributed by atoms with E-state index in [4.69, 9.17) is 0 Å². The Bertz CT molecular complexity index is 229. The third-order valence-electron chi connectivity index (χ3n) is 1.54. The van der Waals surface area contributed by atoms with Crippen molar-refractivity contribution in [3.63, 3.8) is 0 Å². The molecule has 0 aliphatic rings. The highest BCUT2D eigenvalue weighted by Crippen LogP contribution is 2.18. The molecule has 74 valence electrons. The lowest BCUT2D eigenvalue weighted by atomic mass is 9.93. The zero-order valence-corrected chi connectivity index (χ0v) is 9.31. The maximum atomic E-state index is 4.13. The van der Waals surface area contributed by atoms with Gasteiger partial charge in [0.1, 0.15) is 5.84 Å². The number of hydrogen-bond acceptors (Lipinski definition) is 1. The topological polar surface area (TPSA) is 24.4 Å². The SMILES string of the molecule is C=C/C(=C\C(C)(C)C)C(=NC)NC. The van der Waals surface area contributed by atoms with Crippen molar-refractivity contribution in [1.29, 1.82) is 0 Å². The second-order valence-electron chi connectivity index (χ2n) is 3.99. The molecule has 0 fully saturated rings. The van der Waals surface area contributed by atoms with Crippen molar-refractivity contribution in [2.24, 2.45) is 10.4 Å². The molecular formula is C11H20N2. The van der Waals surface area contributed by atoms with Crippen molar-refractivity contribution < 1.29 is 0 Å². The molecule has 0 aromatic carbocycles. The monoisotopic (exact) mass is 180 g/mol. The zero-order chi connectivity index (χ0) is 10.5. The maximum Gasteiger partial charge on any atom is 0.127 e. The van der Waals surface area contributed by atoms with E-state index in [0.29, 0.717) is 0 Å². The summed E-state index contributed by atoms with van der Waals surface area (Å²) in [5, 5.41) is 3.04. The molecule has 0 radical (unpaired) electrons. The van der Waals surface area contributed by atoms with E-state index in [1.807, 2.05) is 13.1 Å². The molecule has 0 amide bonds. The summed E-state index contributed by atoms with van der Waals surface area (Å²) >= 11 is 0. The molecule has 0 aromatic heterocycles. The highest BCUT2D eigenvalue weighted by Gasteiger charge is 2.09. The number of hydrogen-bond donors (Lipinski definition) is 1. The smallest absolute Gasteiger partial charge is 0.127 e. The first-order chi connectivity index (χ1) is 5.94. The second kappa shape index (κ2) is 4.85. The van der Waals surface area contributed by atoms with Gasteiger partial charge in [-0.1, -0.05) is 39.5 Å². The lowest BCUT2D eigenvalue weighted by Gasteiger charge is -2.15. The number of nitrogens with one attached hydrogen (secondary N) is 1. The summed E-state index contributed by atoms with van der Waals surface area (Å²) in [7, 11) is 3.63. The minimum Gasteiger partial charge on any atom is -0.373 e. The average Bonchev–Trinajstić information content (AvgIpc) is 2.02. The molecule has 0 aromatic rings. The Morgan fingerprint density at radius 1 is 1.38 bits per heavy atom. The summed E-state index contributed by atoms with van der Waals surface area (Å²) in [6.45, 7) is 10.2. The quantitative estimate of drug-likeness (QED) is 0.394. The standard InChI is InChI=1S/C11H20N2/c1-7-9(8-11(2,3)4)10(12-5)13-6/h7-8H,1H2,2-6H3,(H,12,13)/b9-8+. The first kappa shape index (κ1) is 11.9. The van der Waals surface area contributed by atoms with Crippen molar-refractivity contribution in [3.05, 3.63) is 24.3 Å². The van der Waals surface area contributed by atoms with E-state index in [9.17, 15) is 0 Å². The van der Waals surface area contributed by atoms with Crippen LogP contribution in [0.15, 0.2) is 29.3 Å².